The molecule has 0 saturated carbocycles. The highest BCUT2D eigenvalue weighted by atomic mass is 19.4. The molecule has 0 unspecified atom stereocenters. The number of piperidine rings is 1. The van der Waals surface area contributed by atoms with Crippen LogP contribution in [0.1, 0.15) is 53.2 Å². The lowest BCUT2D eigenvalue weighted by molar-refractivity contribution is -0.274. The summed E-state index contributed by atoms with van der Waals surface area (Å²) >= 11 is 0. The Labute approximate surface area is 246 Å². The number of ether oxygens (including phenoxy) is 1. The molecule has 2 saturated heterocycles. The molecule has 1 amide bonds. The number of benzene rings is 2. The zero-order valence-corrected chi connectivity index (χ0v) is 24.5. The number of carbonyl (C=O) groups is 1. The molecule has 3 heterocycles. The van der Waals surface area contributed by atoms with E-state index in [9.17, 15) is 18.0 Å². The second-order valence-corrected chi connectivity index (χ2v) is 11.4. The van der Waals surface area contributed by atoms with Crippen LogP contribution in [-0.4, -0.2) is 60.9 Å². The standard InChI is InChI=1S/C33H39F3N4O2/c1-4-27-22-39(17-18-40(27)31-11-7-8-14-37-31)32(41)28-21-26(23(2)19-24(28)3)20-25-12-15-38(16-13-25)29-9-5-6-10-30(29)42-33(34,35)36/h5-11,14,19,21,25,27H,4,12-13,15-18,20,22H2,1-3H3/t27-/m1/s1. The van der Waals surface area contributed by atoms with Crippen LogP contribution in [0.3, 0.4) is 0 Å². The van der Waals surface area contributed by atoms with Crippen molar-refractivity contribution in [2.45, 2.75) is 58.9 Å². The number of rotatable bonds is 7. The monoisotopic (exact) mass is 580 g/mol. The number of amides is 1. The number of para-hydroxylation sites is 2. The highest BCUT2D eigenvalue weighted by Gasteiger charge is 2.34. The van der Waals surface area contributed by atoms with Crippen molar-refractivity contribution < 1.29 is 22.7 Å². The van der Waals surface area contributed by atoms with E-state index in [0.29, 0.717) is 37.8 Å². The number of aryl methyl sites for hydroxylation is 2. The largest absolute Gasteiger partial charge is 0.573 e. The van der Waals surface area contributed by atoms with E-state index in [1.807, 2.05) is 41.1 Å². The van der Waals surface area contributed by atoms with Crippen LogP contribution in [0.4, 0.5) is 24.7 Å². The molecule has 224 valence electrons. The normalized spacial score (nSPS) is 18.3. The summed E-state index contributed by atoms with van der Waals surface area (Å²) in [5.41, 5.74) is 4.55. The summed E-state index contributed by atoms with van der Waals surface area (Å²) in [5.74, 6) is 1.25. The van der Waals surface area contributed by atoms with Crippen LogP contribution in [0.25, 0.3) is 0 Å². The number of nitrogens with zero attached hydrogens (tertiary/aromatic N) is 4. The van der Waals surface area contributed by atoms with Crippen LogP contribution in [-0.2, 0) is 6.42 Å². The maximum atomic E-state index is 13.8. The molecule has 2 aliphatic rings. The Morgan fingerprint density at radius 3 is 2.40 bits per heavy atom. The van der Waals surface area contributed by atoms with Gasteiger partial charge in [0.2, 0.25) is 0 Å². The lowest BCUT2D eigenvalue weighted by Gasteiger charge is -2.42. The van der Waals surface area contributed by atoms with Crippen LogP contribution >= 0.6 is 0 Å². The van der Waals surface area contributed by atoms with Gasteiger partial charge in [-0.15, -0.1) is 13.2 Å². The Kier molecular flexibility index (Phi) is 8.94. The Morgan fingerprint density at radius 1 is 0.976 bits per heavy atom. The Hall–Kier alpha value is -3.75. The molecule has 0 radical (unpaired) electrons. The van der Waals surface area contributed by atoms with E-state index in [-0.39, 0.29) is 17.7 Å². The lowest BCUT2D eigenvalue weighted by atomic mass is 9.86. The summed E-state index contributed by atoms with van der Waals surface area (Å²) in [6.45, 7) is 9.60. The second kappa shape index (κ2) is 12.6. The summed E-state index contributed by atoms with van der Waals surface area (Å²) in [7, 11) is 0. The highest BCUT2D eigenvalue weighted by Crippen LogP contribution is 2.36. The molecule has 0 bridgehead atoms. The minimum atomic E-state index is -4.73. The van der Waals surface area contributed by atoms with E-state index < -0.39 is 6.36 Å². The van der Waals surface area contributed by atoms with Gasteiger partial charge in [-0.1, -0.05) is 31.2 Å². The predicted molar refractivity (Wildman–Crippen MR) is 159 cm³/mol. The molecule has 2 aliphatic heterocycles. The molecule has 1 atom stereocenters. The number of anilines is 2. The van der Waals surface area contributed by atoms with Crippen LogP contribution in [0, 0.1) is 19.8 Å². The van der Waals surface area contributed by atoms with Crippen molar-refractivity contribution >= 4 is 17.4 Å². The van der Waals surface area contributed by atoms with E-state index in [1.165, 1.54) is 17.2 Å². The Balaban J connectivity index is 1.24. The first-order valence-electron chi connectivity index (χ1n) is 14.8. The second-order valence-electron chi connectivity index (χ2n) is 11.4. The summed E-state index contributed by atoms with van der Waals surface area (Å²) in [6.07, 6.45) is 0.545. The van der Waals surface area contributed by atoms with Crippen LogP contribution in [0.5, 0.6) is 5.75 Å². The number of hydrogen-bond acceptors (Lipinski definition) is 5. The average molecular weight is 581 g/mol. The summed E-state index contributed by atoms with van der Waals surface area (Å²) < 4.78 is 43.0. The number of halogens is 3. The third kappa shape index (κ3) is 6.82. The van der Waals surface area contributed by atoms with Gasteiger partial charge in [0.1, 0.15) is 5.82 Å². The molecule has 2 fully saturated rings. The molecule has 42 heavy (non-hydrogen) atoms. The Bertz CT molecular complexity index is 1370. The van der Waals surface area contributed by atoms with E-state index in [2.05, 4.69) is 40.6 Å². The van der Waals surface area contributed by atoms with Gasteiger partial charge in [-0.3, -0.25) is 4.79 Å². The molecule has 9 heteroatoms. The van der Waals surface area contributed by atoms with Crippen molar-refractivity contribution in [2.75, 3.05) is 42.5 Å². The van der Waals surface area contributed by atoms with E-state index >= 15 is 0 Å². The fourth-order valence-corrected chi connectivity index (χ4v) is 6.35. The third-order valence-corrected chi connectivity index (χ3v) is 8.65. The minimum absolute atomic E-state index is 0.0731. The van der Waals surface area contributed by atoms with Crippen molar-refractivity contribution in [3.05, 3.63) is 83.0 Å². The van der Waals surface area contributed by atoms with Crippen LogP contribution in [0.2, 0.25) is 0 Å². The first kappa shape index (κ1) is 29.7. The quantitative estimate of drug-likeness (QED) is 0.308. The van der Waals surface area contributed by atoms with Gasteiger partial charge < -0.3 is 19.4 Å². The topological polar surface area (TPSA) is 48.9 Å². The first-order chi connectivity index (χ1) is 20.1. The maximum absolute atomic E-state index is 13.8. The first-order valence-corrected chi connectivity index (χ1v) is 14.8. The highest BCUT2D eigenvalue weighted by molar-refractivity contribution is 5.96. The molecule has 0 aliphatic carbocycles. The SMILES string of the molecule is CC[C@@H]1CN(C(=O)c2cc(CC3CCN(c4ccccc4OC(F)(F)F)CC3)c(C)cc2C)CCN1c1ccccn1. The van der Waals surface area contributed by atoms with Gasteiger partial charge in [0.15, 0.2) is 5.75 Å². The number of aromatic nitrogens is 1. The van der Waals surface area contributed by atoms with Crippen molar-refractivity contribution in [3.8, 4) is 5.75 Å². The van der Waals surface area contributed by atoms with Gasteiger partial charge in [0.05, 0.1) is 5.69 Å². The predicted octanol–water partition coefficient (Wildman–Crippen LogP) is 6.80. The van der Waals surface area contributed by atoms with E-state index in [1.54, 1.807) is 18.2 Å². The van der Waals surface area contributed by atoms with Gasteiger partial charge >= 0.3 is 6.36 Å². The number of pyridine rings is 1. The fraction of sp³-hybridized carbons (Fsp3) is 0.455. The summed E-state index contributed by atoms with van der Waals surface area (Å²) in [6, 6.07) is 16.7. The summed E-state index contributed by atoms with van der Waals surface area (Å²) in [5, 5.41) is 0. The molecule has 0 N–H and O–H groups in total. The maximum Gasteiger partial charge on any atom is 0.573 e. The molecule has 6 nitrogen and oxygen atoms in total. The zero-order chi connectivity index (χ0) is 29.9. The third-order valence-electron chi connectivity index (χ3n) is 8.65. The lowest BCUT2D eigenvalue weighted by Crippen LogP contribution is -2.55. The molecule has 0 spiro atoms. The van der Waals surface area contributed by atoms with E-state index in [0.717, 1.165) is 49.2 Å². The molecule has 5 rings (SSSR count). The number of alkyl halides is 3. The summed E-state index contributed by atoms with van der Waals surface area (Å²) in [4.78, 5) is 24.6. The van der Waals surface area contributed by atoms with Crippen molar-refractivity contribution in [1.29, 1.82) is 0 Å². The number of piperazine rings is 1. The zero-order valence-electron chi connectivity index (χ0n) is 24.5. The van der Waals surface area contributed by atoms with Gasteiger partial charge in [-0.25, -0.2) is 4.98 Å². The minimum Gasteiger partial charge on any atom is -0.404 e. The number of hydrogen-bond donors (Lipinski definition) is 0. The molecular weight excluding hydrogens is 541 g/mol. The van der Waals surface area contributed by atoms with Gasteiger partial charge in [-0.05, 0) is 92.5 Å². The molecule has 2 aromatic carbocycles. The molecule has 3 aromatic rings. The van der Waals surface area contributed by atoms with Crippen molar-refractivity contribution in [1.82, 2.24) is 9.88 Å². The Morgan fingerprint density at radius 2 is 1.71 bits per heavy atom. The van der Waals surface area contributed by atoms with Gasteiger partial charge in [0.25, 0.3) is 5.91 Å². The average Bonchev–Trinajstić information content (AvgIpc) is 2.98. The van der Waals surface area contributed by atoms with Gasteiger partial charge in [0, 0.05) is 50.5 Å². The molecular formula is C33H39F3N4O2. The van der Waals surface area contributed by atoms with Crippen molar-refractivity contribution in [2.24, 2.45) is 5.92 Å². The van der Waals surface area contributed by atoms with Gasteiger partial charge in [-0.2, -0.15) is 0 Å². The molecule has 1 aromatic heterocycles. The van der Waals surface area contributed by atoms with Crippen LogP contribution < -0.4 is 14.5 Å². The van der Waals surface area contributed by atoms with E-state index in [4.69, 9.17) is 0 Å². The smallest absolute Gasteiger partial charge is 0.404 e. The van der Waals surface area contributed by atoms with Crippen molar-refractivity contribution in [3.63, 3.8) is 0 Å². The fourth-order valence-electron chi connectivity index (χ4n) is 6.35. The number of carbonyl (C=O) groups excluding carboxylic acids is 1. The van der Waals surface area contributed by atoms with Crippen LogP contribution in [0.15, 0.2) is 60.8 Å².